The second kappa shape index (κ2) is 28.9. The molecule has 2 aliphatic heterocycles. The molecule has 0 bridgehead atoms. The molecule has 408 valence electrons. The summed E-state index contributed by atoms with van der Waals surface area (Å²) in [6.45, 7) is 18.8. The number of unbranched alkanes of at least 4 members (excludes halogenated alkanes) is 8. The van der Waals surface area contributed by atoms with Gasteiger partial charge in [0.2, 0.25) is 0 Å². The average molecular weight is 1210 g/mol. The van der Waals surface area contributed by atoms with Crippen LogP contribution in [0, 0.1) is 11.8 Å². The molecular weight excluding hydrogens is 1130 g/mol. The minimum Gasteiger partial charge on any atom is -0.293 e. The molecule has 0 N–H and O–H groups in total. The van der Waals surface area contributed by atoms with E-state index in [0.29, 0.717) is 43.4 Å². The van der Waals surface area contributed by atoms with E-state index in [1.807, 2.05) is 37.4 Å². The van der Waals surface area contributed by atoms with Crippen LogP contribution in [0.1, 0.15) is 179 Å². The first-order chi connectivity index (χ1) is 37.0. The second-order valence-electron chi connectivity index (χ2n) is 20.0. The summed E-state index contributed by atoms with van der Waals surface area (Å²) < 4.78 is 22.5. The van der Waals surface area contributed by atoms with E-state index in [1.165, 1.54) is 145 Å². The van der Waals surface area contributed by atoms with Crippen LogP contribution in [0.5, 0.6) is 0 Å². The molecule has 0 saturated carbocycles. The monoisotopic (exact) mass is 1210 g/mol. The molecule has 8 rings (SSSR count). The summed E-state index contributed by atoms with van der Waals surface area (Å²) in [6, 6.07) is 4.85. The number of thioether (sulfide) groups is 4. The fraction of sp³-hybridized carbons (Fsp3) is 0.552. The Bertz CT molecular complexity index is 2890. The molecule has 2 unspecified atom stereocenters. The first-order valence-corrected chi connectivity index (χ1v) is 35.5. The Morgan fingerprint density at radius 2 is 0.934 bits per heavy atom. The summed E-state index contributed by atoms with van der Waals surface area (Å²) in [5.74, 6) is 2.96. The maximum Gasteiger partial charge on any atom is 0.266 e. The molecule has 2 atom stereocenters. The molecule has 2 amide bonds. The lowest BCUT2D eigenvalue weighted by atomic mass is 9.91. The molecular formula is C58H74N6O2S10. The van der Waals surface area contributed by atoms with Crippen molar-refractivity contribution in [1.29, 1.82) is 0 Å². The zero-order valence-electron chi connectivity index (χ0n) is 45.6. The van der Waals surface area contributed by atoms with Crippen molar-refractivity contribution < 1.29 is 9.59 Å². The van der Waals surface area contributed by atoms with E-state index in [9.17, 15) is 9.59 Å². The zero-order valence-corrected chi connectivity index (χ0v) is 53.8. The Labute approximate surface area is 496 Å². The van der Waals surface area contributed by atoms with Crippen LogP contribution < -0.4 is 0 Å². The largest absolute Gasteiger partial charge is 0.293 e. The highest BCUT2D eigenvalue weighted by molar-refractivity contribution is 8.27. The molecule has 0 radical (unpaired) electrons. The average Bonchev–Trinajstić information content (AvgIpc) is 4.30. The Hall–Kier alpha value is -2.26. The summed E-state index contributed by atoms with van der Waals surface area (Å²) in [4.78, 5) is 39.4. The number of hydrogen-bond acceptors (Lipinski definition) is 16. The molecule has 0 aliphatic carbocycles. The number of thiophene rings is 2. The van der Waals surface area contributed by atoms with Gasteiger partial charge in [0.05, 0.1) is 33.3 Å². The molecule has 76 heavy (non-hydrogen) atoms. The highest BCUT2D eigenvalue weighted by Crippen LogP contribution is 2.55. The van der Waals surface area contributed by atoms with Crippen molar-refractivity contribution in [3.63, 3.8) is 0 Å². The van der Waals surface area contributed by atoms with Gasteiger partial charge in [-0.05, 0) is 98.3 Å². The van der Waals surface area contributed by atoms with Gasteiger partial charge in [0.1, 0.15) is 30.7 Å². The van der Waals surface area contributed by atoms with Crippen molar-refractivity contribution in [2.75, 3.05) is 24.6 Å². The Balaban J connectivity index is 1.41. The Morgan fingerprint density at radius 3 is 1.29 bits per heavy atom. The van der Waals surface area contributed by atoms with E-state index in [1.54, 1.807) is 32.5 Å². The molecule has 6 heterocycles. The highest BCUT2D eigenvalue weighted by atomic mass is 32.2. The van der Waals surface area contributed by atoms with Crippen LogP contribution in [-0.4, -0.2) is 72.3 Å². The van der Waals surface area contributed by atoms with Gasteiger partial charge in [-0.25, -0.2) is 0 Å². The quantitative estimate of drug-likeness (QED) is 0.0186. The Kier molecular flexibility index (Phi) is 22.8. The normalized spacial score (nSPS) is 16.3. The van der Waals surface area contributed by atoms with Gasteiger partial charge in [-0.3, -0.25) is 19.4 Å². The summed E-state index contributed by atoms with van der Waals surface area (Å²) >= 11 is 24.4. The van der Waals surface area contributed by atoms with Crippen LogP contribution in [-0.2, 0) is 22.4 Å². The number of amides is 2. The third-order valence-electron chi connectivity index (χ3n) is 14.8. The predicted molar refractivity (Wildman–Crippen MR) is 347 cm³/mol. The molecule has 6 aromatic rings. The number of nitrogens with zero attached hydrogens (tertiary/aromatic N) is 6. The summed E-state index contributed by atoms with van der Waals surface area (Å²) in [7, 11) is 0. The van der Waals surface area contributed by atoms with Crippen molar-refractivity contribution in [3.05, 3.63) is 42.8 Å². The van der Waals surface area contributed by atoms with Gasteiger partial charge in [-0.2, -0.15) is 17.5 Å². The fourth-order valence-electron chi connectivity index (χ4n) is 10.3. The predicted octanol–water partition coefficient (Wildman–Crippen LogP) is 19.6. The molecule has 2 fully saturated rings. The molecule has 2 saturated heterocycles. The molecule has 2 aromatic carbocycles. The summed E-state index contributed by atoms with van der Waals surface area (Å²) in [5, 5.41) is 2.25. The topological polar surface area (TPSA) is 92.2 Å². The maximum absolute atomic E-state index is 13.8. The van der Waals surface area contributed by atoms with Crippen LogP contribution in [0.4, 0.5) is 0 Å². The number of carbonyl (C=O) groups is 2. The van der Waals surface area contributed by atoms with E-state index < -0.39 is 0 Å². The maximum atomic E-state index is 13.8. The van der Waals surface area contributed by atoms with Gasteiger partial charge >= 0.3 is 0 Å². The van der Waals surface area contributed by atoms with Crippen molar-refractivity contribution in [1.82, 2.24) is 27.3 Å². The lowest BCUT2D eigenvalue weighted by Crippen LogP contribution is -2.27. The van der Waals surface area contributed by atoms with Crippen molar-refractivity contribution in [2.24, 2.45) is 11.8 Å². The zero-order chi connectivity index (χ0) is 53.9. The smallest absolute Gasteiger partial charge is 0.266 e. The minimum absolute atomic E-state index is 0.00745. The van der Waals surface area contributed by atoms with Crippen LogP contribution in [0.25, 0.3) is 65.9 Å². The van der Waals surface area contributed by atoms with Gasteiger partial charge in [-0.1, -0.05) is 179 Å². The van der Waals surface area contributed by atoms with Crippen LogP contribution >= 0.6 is 118 Å². The lowest BCUT2D eigenvalue weighted by molar-refractivity contribution is -0.122. The van der Waals surface area contributed by atoms with Gasteiger partial charge < -0.3 is 0 Å². The first kappa shape index (κ1) is 59.9. The van der Waals surface area contributed by atoms with E-state index in [0.717, 1.165) is 114 Å². The van der Waals surface area contributed by atoms with Crippen molar-refractivity contribution >= 4 is 183 Å². The van der Waals surface area contributed by atoms with E-state index in [-0.39, 0.29) is 11.8 Å². The third-order valence-corrected chi connectivity index (χ3v) is 23.2. The molecule has 4 aromatic heterocycles. The minimum atomic E-state index is -0.00745. The second-order valence-corrected chi connectivity index (χ2v) is 28.8. The van der Waals surface area contributed by atoms with Crippen LogP contribution in [0.15, 0.2) is 31.7 Å². The van der Waals surface area contributed by atoms with Crippen LogP contribution in [0.3, 0.4) is 0 Å². The number of thiocarbonyl (C=S) groups is 2. The number of likely N-dealkylation sites (N-methyl/N-ethyl adjacent to an activating group) is 2. The van der Waals surface area contributed by atoms with Crippen molar-refractivity contribution in [2.45, 2.75) is 181 Å². The first-order valence-electron chi connectivity index (χ1n) is 28.0. The summed E-state index contributed by atoms with van der Waals surface area (Å²) in [5.41, 5.74) is 8.48. The summed E-state index contributed by atoms with van der Waals surface area (Å²) in [6.07, 6.45) is 24.7. The third kappa shape index (κ3) is 13.4. The number of fused-ring (bicyclic) bond motifs is 5. The number of hydrogen-bond donors (Lipinski definition) is 0. The highest BCUT2D eigenvalue weighted by Gasteiger charge is 2.35. The van der Waals surface area contributed by atoms with Gasteiger partial charge in [0.15, 0.2) is 0 Å². The lowest BCUT2D eigenvalue weighted by Gasteiger charge is -2.19. The SMILES string of the molecule is CCCCCCSc1c(-c2cc(CC(CC)CCCC)c(/C=C3/SC(=S)N(CC)C3=O)s2)c2nsnc2c2c(SCCCCCC)c(-c3cc(CC(CC)CCCC)c(/C=C4\SC(=S)N(CC)C4=O)s3)c3nsnc3c12. The number of aromatic nitrogens is 4. The molecule has 18 heteroatoms. The van der Waals surface area contributed by atoms with E-state index >= 15 is 0 Å². The molecule has 2 aliphatic rings. The van der Waals surface area contributed by atoms with Crippen molar-refractivity contribution in [3.8, 4) is 20.9 Å². The number of rotatable bonds is 30. The van der Waals surface area contributed by atoms with Gasteiger partial charge in [-0.15, -0.1) is 46.2 Å². The molecule has 8 nitrogen and oxygen atoms in total. The van der Waals surface area contributed by atoms with Crippen LogP contribution in [0.2, 0.25) is 0 Å². The van der Waals surface area contributed by atoms with E-state index in [4.69, 9.17) is 41.9 Å². The fourth-order valence-corrected chi connectivity index (χ4v) is 19.3. The number of benzene rings is 2. The number of carbonyl (C=O) groups excluding carboxylic acids is 2. The van der Waals surface area contributed by atoms with E-state index in [2.05, 4.69) is 65.8 Å². The molecule has 0 spiro atoms. The standard InChI is InChI=1S/C58H74N6O2S10/c1-9-17-21-23-27-69-53-45(41-31-37(29-35(13-5)25-19-11-3)39(71-41)33-43-55(65)63(15-7)57(67)73-43)49-52(62-75-59-49)48-47(53)51-50(60-76-61-51)46(54(48)70-28-24-22-18-10-2)42-32-38(30-36(14-6)26-20-12-4)40(72-42)34-44-56(66)64(16-8)58(68)74-44/h31-36H,9-30H2,1-8H3/b43-33-,44-34+. The Morgan fingerprint density at radius 1 is 0.539 bits per heavy atom. The van der Waals surface area contributed by atoms with Gasteiger partial charge in [0.25, 0.3) is 11.8 Å². The van der Waals surface area contributed by atoms with Gasteiger partial charge in [0, 0.05) is 64.3 Å².